The summed E-state index contributed by atoms with van der Waals surface area (Å²) in [6.07, 6.45) is 4.98. The predicted octanol–water partition coefficient (Wildman–Crippen LogP) is 3.31. The monoisotopic (exact) mass is 307 g/mol. The van der Waals surface area contributed by atoms with Gasteiger partial charge in [-0.1, -0.05) is 35.0 Å². The molecule has 2 aromatic rings. The normalized spacial score (nSPS) is 10.8. The van der Waals surface area contributed by atoms with Gasteiger partial charge in [-0.3, -0.25) is 0 Å². The molecule has 1 aromatic carbocycles. The fraction of sp³-hybridized carbons (Fsp3) is 0.357. The highest BCUT2D eigenvalue weighted by Crippen LogP contribution is 2.21. The van der Waals surface area contributed by atoms with Crippen LogP contribution in [0.2, 0.25) is 0 Å². The van der Waals surface area contributed by atoms with Gasteiger partial charge in [0.05, 0.1) is 18.2 Å². The molecule has 0 bridgehead atoms. The Morgan fingerprint density at radius 1 is 1.22 bits per heavy atom. The maximum Gasteiger partial charge on any atom is 0.0951 e. The van der Waals surface area contributed by atoms with Crippen LogP contribution in [0.3, 0.4) is 0 Å². The molecule has 0 aliphatic carbocycles. The van der Waals surface area contributed by atoms with Crippen molar-refractivity contribution in [2.75, 3.05) is 13.1 Å². The lowest BCUT2D eigenvalue weighted by molar-refractivity contribution is 0.596. The van der Waals surface area contributed by atoms with E-state index in [9.17, 15) is 0 Å². The van der Waals surface area contributed by atoms with E-state index in [1.807, 2.05) is 12.5 Å². The van der Waals surface area contributed by atoms with Crippen molar-refractivity contribution in [3.8, 4) is 11.3 Å². The minimum Gasteiger partial charge on any atom is -0.329 e. The predicted molar refractivity (Wildman–Crippen MR) is 78.5 cm³/mol. The average molecular weight is 308 g/mol. The SMILES string of the molecule is CCCNCCn1cncc1-c1ccc(Br)cc1. The summed E-state index contributed by atoms with van der Waals surface area (Å²) in [5, 5.41) is 3.41. The molecule has 0 aliphatic heterocycles. The summed E-state index contributed by atoms with van der Waals surface area (Å²) in [6.45, 7) is 5.18. The molecule has 0 aliphatic rings. The van der Waals surface area contributed by atoms with E-state index in [-0.39, 0.29) is 0 Å². The Morgan fingerprint density at radius 3 is 2.72 bits per heavy atom. The Balaban J connectivity index is 2.05. The van der Waals surface area contributed by atoms with Crippen molar-refractivity contribution >= 4 is 15.9 Å². The third-order valence-corrected chi connectivity index (χ3v) is 3.34. The Labute approximate surface area is 116 Å². The van der Waals surface area contributed by atoms with Crippen molar-refractivity contribution in [3.05, 3.63) is 41.3 Å². The molecule has 0 amide bonds. The number of benzene rings is 1. The van der Waals surface area contributed by atoms with Crippen molar-refractivity contribution < 1.29 is 0 Å². The van der Waals surface area contributed by atoms with E-state index in [4.69, 9.17) is 0 Å². The zero-order valence-corrected chi connectivity index (χ0v) is 12.2. The van der Waals surface area contributed by atoms with E-state index >= 15 is 0 Å². The molecule has 0 atom stereocenters. The lowest BCUT2D eigenvalue weighted by Crippen LogP contribution is -2.20. The summed E-state index contributed by atoms with van der Waals surface area (Å²) in [5.74, 6) is 0. The zero-order valence-electron chi connectivity index (χ0n) is 10.6. The maximum absolute atomic E-state index is 4.24. The van der Waals surface area contributed by atoms with Gasteiger partial charge < -0.3 is 9.88 Å². The first kappa shape index (κ1) is 13.3. The number of hydrogen-bond donors (Lipinski definition) is 1. The van der Waals surface area contributed by atoms with Crippen LogP contribution in [0, 0.1) is 0 Å². The third kappa shape index (κ3) is 3.43. The molecule has 3 nitrogen and oxygen atoms in total. The molecule has 1 aromatic heterocycles. The summed E-state index contributed by atoms with van der Waals surface area (Å²) in [5.41, 5.74) is 2.37. The van der Waals surface area contributed by atoms with E-state index in [0.29, 0.717) is 0 Å². The number of nitrogens with zero attached hydrogens (tertiary/aromatic N) is 2. The first-order valence-corrected chi connectivity index (χ1v) is 7.07. The Hall–Kier alpha value is -1.13. The van der Waals surface area contributed by atoms with E-state index in [1.54, 1.807) is 0 Å². The number of hydrogen-bond acceptors (Lipinski definition) is 2. The first-order chi connectivity index (χ1) is 8.81. The number of nitrogens with one attached hydrogen (secondary N) is 1. The van der Waals surface area contributed by atoms with Gasteiger partial charge in [0.15, 0.2) is 0 Å². The lowest BCUT2D eigenvalue weighted by Gasteiger charge is -2.09. The van der Waals surface area contributed by atoms with Crippen molar-refractivity contribution in [1.29, 1.82) is 0 Å². The Bertz CT molecular complexity index is 476. The number of halogens is 1. The molecule has 0 unspecified atom stereocenters. The van der Waals surface area contributed by atoms with Gasteiger partial charge in [0.1, 0.15) is 0 Å². The lowest BCUT2D eigenvalue weighted by atomic mass is 10.2. The fourth-order valence-corrected chi connectivity index (χ4v) is 2.13. The van der Waals surface area contributed by atoms with Gasteiger partial charge in [-0.25, -0.2) is 4.98 Å². The second kappa shape index (κ2) is 6.71. The molecule has 0 saturated carbocycles. The topological polar surface area (TPSA) is 29.9 Å². The van der Waals surface area contributed by atoms with Crippen molar-refractivity contribution in [2.45, 2.75) is 19.9 Å². The average Bonchev–Trinajstić information content (AvgIpc) is 2.84. The zero-order chi connectivity index (χ0) is 12.8. The van der Waals surface area contributed by atoms with Crippen molar-refractivity contribution in [1.82, 2.24) is 14.9 Å². The molecule has 0 radical (unpaired) electrons. The van der Waals surface area contributed by atoms with E-state index in [0.717, 1.165) is 24.1 Å². The summed E-state index contributed by atoms with van der Waals surface area (Å²) in [4.78, 5) is 4.24. The van der Waals surface area contributed by atoms with Crippen LogP contribution in [0.25, 0.3) is 11.3 Å². The summed E-state index contributed by atoms with van der Waals surface area (Å²) in [7, 11) is 0. The molecule has 1 heterocycles. The molecular weight excluding hydrogens is 290 g/mol. The van der Waals surface area contributed by atoms with Crippen LogP contribution in [0.4, 0.5) is 0 Å². The molecular formula is C14H18BrN3. The smallest absolute Gasteiger partial charge is 0.0951 e. The van der Waals surface area contributed by atoms with Crippen LogP contribution in [0.15, 0.2) is 41.3 Å². The third-order valence-electron chi connectivity index (χ3n) is 2.81. The minimum atomic E-state index is 0.950. The number of aromatic nitrogens is 2. The second-order valence-corrected chi connectivity index (χ2v) is 5.14. The molecule has 18 heavy (non-hydrogen) atoms. The number of rotatable bonds is 6. The van der Waals surface area contributed by atoms with Crippen LogP contribution in [-0.2, 0) is 6.54 Å². The van der Waals surface area contributed by atoms with Crippen LogP contribution < -0.4 is 5.32 Å². The van der Waals surface area contributed by atoms with Gasteiger partial charge in [0.25, 0.3) is 0 Å². The molecule has 0 fully saturated rings. The van der Waals surface area contributed by atoms with Crippen molar-refractivity contribution in [2.24, 2.45) is 0 Å². The summed E-state index contributed by atoms with van der Waals surface area (Å²) < 4.78 is 3.29. The maximum atomic E-state index is 4.24. The van der Waals surface area contributed by atoms with Crippen LogP contribution >= 0.6 is 15.9 Å². The van der Waals surface area contributed by atoms with E-state index < -0.39 is 0 Å². The number of imidazole rings is 1. The van der Waals surface area contributed by atoms with Gasteiger partial charge in [-0.2, -0.15) is 0 Å². The van der Waals surface area contributed by atoms with E-state index in [2.05, 4.69) is 62.0 Å². The van der Waals surface area contributed by atoms with Crippen LogP contribution in [0.1, 0.15) is 13.3 Å². The highest BCUT2D eigenvalue weighted by atomic mass is 79.9. The van der Waals surface area contributed by atoms with Crippen molar-refractivity contribution in [3.63, 3.8) is 0 Å². The molecule has 0 saturated heterocycles. The van der Waals surface area contributed by atoms with Crippen LogP contribution in [-0.4, -0.2) is 22.6 Å². The fourth-order valence-electron chi connectivity index (χ4n) is 1.86. The quantitative estimate of drug-likeness (QED) is 0.830. The Morgan fingerprint density at radius 2 is 2.00 bits per heavy atom. The van der Waals surface area contributed by atoms with Gasteiger partial charge in [-0.05, 0) is 30.7 Å². The summed E-state index contributed by atoms with van der Waals surface area (Å²) >= 11 is 3.45. The van der Waals surface area contributed by atoms with Crippen LogP contribution in [0.5, 0.6) is 0 Å². The molecule has 4 heteroatoms. The highest BCUT2D eigenvalue weighted by Gasteiger charge is 2.04. The summed E-state index contributed by atoms with van der Waals surface area (Å²) in [6, 6.07) is 8.33. The molecule has 0 spiro atoms. The van der Waals surface area contributed by atoms with Gasteiger partial charge in [0, 0.05) is 17.6 Å². The molecule has 2 rings (SSSR count). The second-order valence-electron chi connectivity index (χ2n) is 4.23. The van der Waals surface area contributed by atoms with E-state index in [1.165, 1.54) is 17.7 Å². The highest BCUT2D eigenvalue weighted by molar-refractivity contribution is 9.10. The molecule has 96 valence electrons. The molecule has 1 N–H and O–H groups in total. The first-order valence-electron chi connectivity index (χ1n) is 6.28. The van der Waals surface area contributed by atoms with Gasteiger partial charge >= 0.3 is 0 Å². The van der Waals surface area contributed by atoms with Gasteiger partial charge in [-0.15, -0.1) is 0 Å². The largest absolute Gasteiger partial charge is 0.329 e. The minimum absolute atomic E-state index is 0.950. The van der Waals surface area contributed by atoms with Gasteiger partial charge in [0.2, 0.25) is 0 Å². The Kier molecular flexibility index (Phi) is 4.96. The standard InChI is InChI=1S/C14H18BrN3/c1-2-7-16-8-9-18-11-17-10-14(18)12-3-5-13(15)6-4-12/h3-6,10-11,16H,2,7-9H2,1H3.